The molecule has 498 valence electrons. The SMILES string of the molecule is CCCCCCCCCCCCCCC/C=C/C(O)C(COC1OC(CO)C(OC2OC(CO)C(O)C(O)C2O)C(O)C1O)NC(=O)CCCCCCCCCCCCCCCCCCCCCCCCCCCCCCCCCCCCC. The van der Waals surface area contributed by atoms with Gasteiger partial charge in [-0.1, -0.05) is 321 Å². The van der Waals surface area contributed by atoms with Crippen LogP contribution in [0.5, 0.6) is 0 Å². The molecule has 2 rings (SSSR count). The number of unbranched alkanes of at least 4 members (excludes halogenated alkanes) is 47. The second-order valence-electron chi connectivity index (χ2n) is 25.7. The van der Waals surface area contributed by atoms with Gasteiger partial charge in [0, 0.05) is 6.42 Å². The van der Waals surface area contributed by atoms with Crippen LogP contribution < -0.4 is 5.32 Å². The van der Waals surface area contributed by atoms with E-state index in [9.17, 15) is 45.6 Å². The van der Waals surface area contributed by atoms with E-state index in [4.69, 9.17) is 18.9 Å². The zero-order valence-electron chi connectivity index (χ0n) is 54.2. The van der Waals surface area contributed by atoms with Crippen LogP contribution in [0.25, 0.3) is 0 Å². The van der Waals surface area contributed by atoms with Gasteiger partial charge in [-0.15, -0.1) is 0 Å². The van der Waals surface area contributed by atoms with E-state index in [-0.39, 0.29) is 18.9 Å². The third-order valence-electron chi connectivity index (χ3n) is 18.0. The topological polar surface area (TPSA) is 228 Å². The van der Waals surface area contributed by atoms with Gasteiger partial charge >= 0.3 is 0 Å². The third kappa shape index (κ3) is 39.7. The molecule has 0 aromatic rings. The van der Waals surface area contributed by atoms with Crippen molar-refractivity contribution in [3.63, 3.8) is 0 Å². The van der Waals surface area contributed by atoms with Crippen LogP contribution in [0.15, 0.2) is 12.2 Å². The standard InChI is InChI=1S/C70H135NO13/c1-3-5-7-9-11-13-15-17-19-20-21-22-23-24-25-26-27-28-29-30-31-32-33-34-35-36-37-38-40-42-44-46-48-50-52-54-62(75)71-58(59(74)53-51-49-47-45-43-41-39-18-16-14-12-10-8-6-4-2)57-81-69-67(80)65(78)68(61(56-73)83-69)84-70-66(79)64(77)63(76)60(55-72)82-70/h51,53,58-61,63-70,72-74,76-80H,3-50,52,54-57H2,1-2H3,(H,71,75)/b53-51+. The zero-order valence-corrected chi connectivity index (χ0v) is 54.2. The van der Waals surface area contributed by atoms with E-state index in [0.717, 1.165) is 38.5 Å². The molecule has 0 spiro atoms. The van der Waals surface area contributed by atoms with Crippen molar-refractivity contribution < 1.29 is 64.6 Å². The Balaban J connectivity index is 1.58. The lowest BCUT2D eigenvalue weighted by Crippen LogP contribution is -2.65. The first-order chi connectivity index (χ1) is 41.1. The molecule has 12 atom stereocenters. The molecule has 0 aliphatic carbocycles. The fourth-order valence-corrected chi connectivity index (χ4v) is 12.2. The lowest BCUT2D eigenvalue weighted by molar-refractivity contribution is -0.359. The Morgan fingerprint density at radius 3 is 1.10 bits per heavy atom. The molecular weight excluding hydrogens is 1060 g/mol. The zero-order chi connectivity index (χ0) is 60.9. The molecule has 14 heteroatoms. The maximum absolute atomic E-state index is 13.3. The summed E-state index contributed by atoms with van der Waals surface area (Å²) in [4.78, 5) is 13.3. The monoisotopic (exact) mass is 1200 g/mol. The predicted octanol–water partition coefficient (Wildman–Crippen LogP) is 14.6. The van der Waals surface area contributed by atoms with E-state index in [0.29, 0.717) is 6.42 Å². The summed E-state index contributed by atoms with van der Waals surface area (Å²) < 4.78 is 22.8. The summed E-state index contributed by atoms with van der Waals surface area (Å²) in [5.41, 5.74) is 0. The number of aliphatic hydroxyl groups excluding tert-OH is 8. The first-order valence-corrected chi connectivity index (χ1v) is 35.9. The quantitative estimate of drug-likeness (QED) is 0.0204. The largest absolute Gasteiger partial charge is 0.394 e. The number of ether oxygens (including phenoxy) is 4. The number of hydrogen-bond acceptors (Lipinski definition) is 13. The number of amides is 1. The Morgan fingerprint density at radius 1 is 0.417 bits per heavy atom. The minimum atomic E-state index is -1.79. The molecule has 84 heavy (non-hydrogen) atoms. The molecule has 2 aliphatic heterocycles. The Hall–Kier alpha value is -1.27. The highest BCUT2D eigenvalue weighted by Crippen LogP contribution is 2.30. The van der Waals surface area contributed by atoms with Crippen LogP contribution in [-0.4, -0.2) is 140 Å². The van der Waals surface area contributed by atoms with Crippen LogP contribution in [0.1, 0.15) is 335 Å². The van der Waals surface area contributed by atoms with E-state index in [1.807, 2.05) is 6.08 Å². The van der Waals surface area contributed by atoms with Crippen LogP contribution >= 0.6 is 0 Å². The molecule has 2 aliphatic rings. The third-order valence-corrected chi connectivity index (χ3v) is 18.0. The predicted molar refractivity (Wildman–Crippen MR) is 342 cm³/mol. The number of allylic oxidation sites excluding steroid dienone is 1. The Bertz CT molecular complexity index is 1460. The van der Waals surface area contributed by atoms with Crippen LogP contribution in [0.4, 0.5) is 0 Å². The summed E-state index contributed by atoms with van der Waals surface area (Å²) in [6.07, 6.45) is 51.5. The molecule has 2 heterocycles. The van der Waals surface area contributed by atoms with Crippen molar-refractivity contribution in [2.45, 2.75) is 408 Å². The molecule has 1 amide bonds. The molecule has 0 aromatic carbocycles. The lowest BCUT2D eigenvalue weighted by Gasteiger charge is -2.46. The molecule has 2 saturated heterocycles. The fraction of sp³-hybridized carbons (Fsp3) is 0.957. The summed E-state index contributed by atoms with van der Waals surface area (Å²) in [5, 5.41) is 87.3. The summed E-state index contributed by atoms with van der Waals surface area (Å²) in [6.45, 7) is 2.85. The lowest BCUT2D eigenvalue weighted by atomic mass is 9.97. The minimum Gasteiger partial charge on any atom is -0.394 e. The second-order valence-corrected chi connectivity index (χ2v) is 25.7. The van der Waals surface area contributed by atoms with Crippen molar-refractivity contribution in [1.29, 1.82) is 0 Å². The van der Waals surface area contributed by atoms with Crippen molar-refractivity contribution in [3.8, 4) is 0 Å². The number of carbonyl (C=O) groups excluding carboxylic acids is 1. The Morgan fingerprint density at radius 2 is 0.738 bits per heavy atom. The Labute approximate surface area is 514 Å². The number of rotatable bonds is 60. The highest BCUT2D eigenvalue weighted by Gasteiger charge is 2.51. The van der Waals surface area contributed by atoms with Crippen LogP contribution in [0, 0.1) is 0 Å². The second kappa shape index (κ2) is 55.8. The molecule has 0 saturated carbocycles. The number of nitrogens with one attached hydrogen (secondary N) is 1. The van der Waals surface area contributed by atoms with Crippen molar-refractivity contribution in [3.05, 3.63) is 12.2 Å². The molecule has 0 aromatic heterocycles. The van der Waals surface area contributed by atoms with Crippen molar-refractivity contribution in [1.82, 2.24) is 5.32 Å². The van der Waals surface area contributed by atoms with E-state index >= 15 is 0 Å². The van der Waals surface area contributed by atoms with E-state index in [2.05, 4.69) is 19.2 Å². The van der Waals surface area contributed by atoms with Gasteiger partial charge < -0.3 is 65.1 Å². The van der Waals surface area contributed by atoms with Crippen molar-refractivity contribution >= 4 is 5.91 Å². The molecule has 12 unspecified atom stereocenters. The molecule has 14 nitrogen and oxygen atoms in total. The molecule has 0 radical (unpaired) electrons. The first kappa shape index (κ1) is 78.8. The normalized spacial score (nSPS) is 23.6. The average molecular weight is 1200 g/mol. The van der Waals surface area contributed by atoms with Gasteiger partial charge in [0.05, 0.1) is 32.0 Å². The van der Waals surface area contributed by atoms with Gasteiger partial charge in [0.15, 0.2) is 12.6 Å². The highest BCUT2D eigenvalue weighted by molar-refractivity contribution is 5.76. The highest BCUT2D eigenvalue weighted by atomic mass is 16.7. The maximum atomic E-state index is 13.3. The first-order valence-electron chi connectivity index (χ1n) is 35.9. The smallest absolute Gasteiger partial charge is 0.220 e. The van der Waals surface area contributed by atoms with E-state index < -0.39 is 86.8 Å². The summed E-state index contributed by atoms with van der Waals surface area (Å²) in [7, 11) is 0. The number of carbonyl (C=O) groups is 1. The van der Waals surface area contributed by atoms with Crippen LogP contribution in [-0.2, 0) is 23.7 Å². The summed E-state index contributed by atoms with van der Waals surface area (Å²) in [5.74, 6) is -0.232. The van der Waals surface area contributed by atoms with Crippen molar-refractivity contribution in [2.24, 2.45) is 0 Å². The molecule has 2 fully saturated rings. The minimum absolute atomic E-state index is 0.232. The number of aliphatic hydroxyl groups is 8. The van der Waals surface area contributed by atoms with Crippen LogP contribution in [0.3, 0.4) is 0 Å². The van der Waals surface area contributed by atoms with Gasteiger partial charge in [-0.25, -0.2) is 0 Å². The van der Waals surface area contributed by atoms with Crippen molar-refractivity contribution in [2.75, 3.05) is 19.8 Å². The molecule has 9 N–H and O–H groups in total. The number of hydrogen-bond donors (Lipinski definition) is 9. The van der Waals surface area contributed by atoms with Gasteiger partial charge in [0.25, 0.3) is 0 Å². The average Bonchev–Trinajstić information content (AvgIpc) is 3.57. The van der Waals surface area contributed by atoms with Gasteiger partial charge in [0.2, 0.25) is 5.91 Å². The fourth-order valence-electron chi connectivity index (χ4n) is 12.2. The maximum Gasteiger partial charge on any atom is 0.220 e. The van der Waals surface area contributed by atoms with Gasteiger partial charge in [-0.2, -0.15) is 0 Å². The molecule has 0 bridgehead atoms. The summed E-state index contributed by atoms with van der Waals surface area (Å²) >= 11 is 0. The van der Waals surface area contributed by atoms with E-state index in [1.54, 1.807) is 6.08 Å². The van der Waals surface area contributed by atoms with Gasteiger partial charge in [-0.05, 0) is 19.3 Å². The van der Waals surface area contributed by atoms with Gasteiger partial charge in [0.1, 0.15) is 48.8 Å². The van der Waals surface area contributed by atoms with Crippen LogP contribution in [0.2, 0.25) is 0 Å². The molecular formula is C70H135NO13. The van der Waals surface area contributed by atoms with Gasteiger partial charge in [-0.3, -0.25) is 4.79 Å². The Kier molecular flexibility index (Phi) is 52.3. The summed E-state index contributed by atoms with van der Waals surface area (Å²) in [6, 6.07) is -0.910. The van der Waals surface area contributed by atoms with E-state index in [1.165, 1.54) is 270 Å².